The van der Waals surface area contributed by atoms with E-state index in [1.165, 1.54) is 9.69 Å². The highest BCUT2D eigenvalue weighted by Gasteiger charge is 2.30. The third-order valence-electron chi connectivity index (χ3n) is 4.05. The molecule has 2 aromatic heterocycles. The van der Waals surface area contributed by atoms with Crippen LogP contribution < -0.4 is 10.6 Å². The predicted octanol–water partition coefficient (Wildman–Crippen LogP) is 3.64. The number of aryl methyl sites for hydroxylation is 1. The van der Waals surface area contributed by atoms with E-state index in [-0.39, 0.29) is 34.7 Å². The van der Waals surface area contributed by atoms with Gasteiger partial charge in [0.2, 0.25) is 0 Å². The van der Waals surface area contributed by atoms with Crippen LogP contribution in [0.15, 0.2) is 34.9 Å². The number of nitrogens with zero attached hydrogens (tertiary/aromatic N) is 3. The Morgan fingerprint density at radius 3 is 2.33 bits per heavy atom. The monoisotopic (exact) mass is 517 g/mol. The molecule has 0 aliphatic carbocycles. The topological polar surface area (TPSA) is 137 Å². The Balaban J connectivity index is 0.000000890. The van der Waals surface area contributed by atoms with Crippen molar-refractivity contribution in [3.63, 3.8) is 0 Å². The van der Waals surface area contributed by atoms with Crippen molar-refractivity contribution in [3.8, 4) is 5.75 Å². The van der Waals surface area contributed by atoms with Crippen LogP contribution in [0, 0.1) is 12.8 Å². The molecule has 13 heteroatoms. The third-order valence-corrected chi connectivity index (χ3v) is 8.27. The summed E-state index contributed by atoms with van der Waals surface area (Å²) in [6, 6.07) is 3.62. The third kappa shape index (κ3) is 7.13. The van der Waals surface area contributed by atoms with Gasteiger partial charge in [-0.1, -0.05) is 34.6 Å². The molecule has 10 nitrogen and oxygen atoms in total. The second-order valence-electron chi connectivity index (χ2n) is 7.71. The first-order valence-corrected chi connectivity index (χ1v) is 13.8. The summed E-state index contributed by atoms with van der Waals surface area (Å²) in [6.45, 7) is 12.6. The molecular formula is C20H31N5O5S3. The highest BCUT2D eigenvalue weighted by molar-refractivity contribution is 7.91. The fourth-order valence-electron chi connectivity index (χ4n) is 2.63. The van der Waals surface area contributed by atoms with Gasteiger partial charge in [0, 0.05) is 18.5 Å². The molecule has 3 rings (SSSR count). The largest absolute Gasteiger partial charge is 0.504 e. The van der Waals surface area contributed by atoms with Crippen molar-refractivity contribution in [1.82, 2.24) is 9.62 Å². The number of furan rings is 1. The summed E-state index contributed by atoms with van der Waals surface area (Å²) < 4.78 is 51.4. The fraction of sp³-hybridized carbons (Fsp3) is 0.500. The molecule has 0 bridgehead atoms. The van der Waals surface area contributed by atoms with Crippen LogP contribution >= 0.6 is 11.3 Å². The van der Waals surface area contributed by atoms with Gasteiger partial charge in [-0.05, 0) is 25.0 Å². The molecule has 1 atom stereocenters. The molecule has 0 saturated carbocycles. The lowest BCUT2D eigenvalue weighted by Gasteiger charge is -2.17. The average molecular weight is 518 g/mol. The highest BCUT2D eigenvalue weighted by atomic mass is 32.2. The maximum Gasteiger partial charge on any atom is 0.269 e. The van der Waals surface area contributed by atoms with E-state index in [9.17, 15) is 17.7 Å². The highest BCUT2D eigenvalue weighted by Crippen LogP contribution is 2.39. The van der Waals surface area contributed by atoms with Gasteiger partial charge in [0.1, 0.15) is 11.5 Å². The van der Waals surface area contributed by atoms with Crippen LogP contribution in [0.25, 0.3) is 0 Å². The maximum atomic E-state index is 12.7. The van der Waals surface area contributed by atoms with Crippen LogP contribution in [0.5, 0.6) is 5.75 Å². The van der Waals surface area contributed by atoms with Crippen molar-refractivity contribution >= 4 is 49.9 Å². The molecule has 0 radical (unpaired) electrons. The van der Waals surface area contributed by atoms with Crippen molar-refractivity contribution in [2.24, 2.45) is 14.7 Å². The fourth-order valence-corrected chi connectivity index (χ4v) is 6.10. The van der Waals surface area contributed by atoms with E-state index < -0.39 is 26.9 Å². The van der Waals surface area contributed by atoms with Gasteiger partial charge in [-0.15, -0.1) is 20.1 Å². The Hall–Kier alpha value is -2.22. The number of aromatic hydroxyl groups is 1. The molecule has 3 N–H and O–H groups in total. The summed E-state index contributed by atoms with van der Waals surface area (Å²) in [6.07, 6.45) is 0. The smallest absolute Gasteiger partial charge is 0.269 e. The lowest BCUT2D eigenvalue weighted by atomic mass is 10.3. The molecule has 0 aromatic carbocycles. The molecule has 0 amide bonds. The Bertz CT molecular complexity index is 1130. The van der Waals surface area contributed by atoms with Crippen LogP contribution in [0.1, 0.15) is 46.1 Å². The summed E-state index contributed by atoms with van der Waals surface area (Å²) in [5.74, 6) is 2.19. The second kappa shape index (κ2) is 11.8. The number of hydrogen-bond donors (Lipinski definition) is 3. The normalized spacial score (nSPS) is 15.8. The van der Waals surface area contributed by atoms with Gasteiger partial charge in [-0.3, -0.25) is 0 Å². The van der Waals surface area contributed by atoms with Gasteiger partial charge in [0.25, 0.3) is 21.2 Å². The minimum Gasteiger partial charge on any atom is -0.504 e. The van der Waals surface area contributed by atoms with E-state index in [2.05, 4.69) is 40.2 Å². The summed E-state index contributed by atoms with van der Waals surface area (Å²) >= 11 is -0.929. The summed E-state index contributed by atoms with van der Waals surface area (Å²) in [5.41, 5.74) is 0.140. The van der Waals surface area contributed by atoms with E-state index >= 15 is 0 Å². The van der Waals surface area contributed by atoms with Gasteiger partial charge < -0.3 is 20.2 Å². The van der Waals surface area contributed by atoms with Gasteiger partial charge in [0.05, 0.1) is 12.2 Å². The molecule has 2 aromatic rings. The number of sulfonamides is 1. The van der Waals surface area contributed by atoms with Gasteiger partial charge in [-0.2, -0.15) is 4.31 Å². The summed E-state index contributed by atoms with van der Waals surface area (Å²) in [4.78, 5) is 0. The number of rotatable bonds is 7. The summed E-state index contributed by atoms with van der Waals surface area (Å²) in [7, 11) is -3.81. The second-order valence-corrected chi connectivity index (χ2v) is 11.5. The predicted molar refractivity (Wildman–Crippen MR) is 134 cm³/mol. The molecule has 0 saturated heterocycles. The van der Waals surface area contributed by atoms with Crippen LogP contribution in [-0.4, -0.2) is 46.8 Å². The van der Waals surface area contributed by atoms with E-state index in [1.54, 1.807) is 19.9 Å². The SMILES string of the molecule is CC(C)C.CCN(CC)S(=O)(=O)c1scc(NC2=NS(=O)N=C2NCc2ccc(C)o2)c1O. The minimum atomic E-state index is -3.81. The standard InChI is InChI=1S/C16H21N5O5S3.C4H10/c1-4-21(5-2)29(24,25)16-13(22)12(9-27-16)18-15-14(19-28(23)20-15)17-8-11-7-6-10(3)26-11;1-4(2)3/h6-7,9,22H,4-5,8H2,1-3H3,(H,17,19)(H,18,20);4H,1-3H3. The van der Waals surface area contributed by atoms with Gasteiger partial charge in [-0.25, -0.2) is 12.6 Å². The first-order chi connectivity index (χ1) is 15.5. The number of amidine groups is 2. The van der Waals surface area contributed by atoms with E-state index in [1.807, 2.05) is 13.0 Å². The molecule has 1 aliphatic rings. The van der Waals surface area contributed by atoms with E-state index in [0.29, 0.717) is 12.3 Å². The van der Waals surface area contributed by atoms with Crippen LogP contribution in [0.4, 0.5) is 5.69 Å². The van der Waals surface area contributed by atoms with Crippen LogP contribution in [0.3, 0.4) is 0 Å². The first-order valence-electron chi connectivity index (χ1n) is 10.5. The average Bonchev–Trinajstić information content (AvgIpc) is 3.40. The maximum absolute atomic E-state index is 12.7. The number of thiophene rings is 1. The summed E-state index contributed by atoms with van der Waals surface area (Å²) in [5, 5.41) is 17.7. The van der Waals surface area contributed by atoms with Crippen molar-refractivity contribution < 1.29 is 22.2 Å². The Morgan fingerprint density at radius 1 is 1.18 bits per heavy atom. The molecule has 3 heterocycles. The molecular weight excluding hydrogens is 486 g/mol. The number of nitrogens with one attached hydrogen (secondary N) is 2. The lowest BCUT2D eigenvalue weighted by molar-refractivity contribution is 0.434. The van der Waals surface area contributed by atoms with Crippen molar-refractivity contribution in [2.45, 2.75) is 52.3 Å². The lowest BCUT2D eigenvalue weighted by Crippen LogP contribution is -2.33. The molecule has 1 aliphatic heterocycles. The molecule has 0 fully saturated rings. The molecule has 184 valence electrons. The van der Waals surface area contributed by atoms with Gasteiger partial charge in [0.15, 0.2) is 21.6 Å². The van der Waals surface area contributed by atoms with Gasteiger partial charge >= 0.3 is 0 Å². The van der Waals surface area contributed by atoms with E-state index in [4.69, 9.17) is 4.42 Å². The zero-order valence-electron chi connectivity index (χ0n) is 19.6. The van der Waals surface area contributed by atoms with Crippen molar-refractivity contribution in [1.29, 1.82) is 0 Å². The minimum absolute atomic E-state index is 0.131. The Labute approximate surface area is 201 Å². The quantitative estimate of drug-likeness (QED) is 0.510. The zero-order chi connectivity index (χ0) is 24.8. The Kier molecular flexibility index (Phi) is 9.64. The van der Waals surface area contributed by atoms with Crippen molar-refractivity contribution in [3.05, 3.63) is 29.0 Å². The molecule has 1 unspecified atom stereocenters. The zero-order valence-corrected chi connectivity index (χ0v) is 22.0. The Morgan fingerprint density at radius 2 is 1.79 bits per heavy atom. The number of anilines is 1. The molecule has 0 spiro atoms. The molecule has 33 heavy (non-hydrogen) atoms. The first kappa shape index (κ1) is 27.0. The van der Waals surface area contributed by atoms with Crippen molar-refractivity contribution in [2.75, 3.05) is 18.4 Å². The van der Waals surface area contributed by atoms with E-state index in [0.717, 1.165) is 23.0 Å². The van der Waals surface area contributed by atoms with Crippen LogP contribution in [-0.2, 0) is 27.7 Å². The van der Waals surface area contributed by atoms with Crippen LogP contribution in [0.2, 0.25) is 0 Å². The number of hydrogen-bond acceptors (Lipinski definition) is 8.